The number of benzene rings is 2. The molecule has 0 atom stereocenters. The Morgan fingerprint density at radius 3 is 2.04 bits per heavy atom. The highest BCUT2D eigenvalue weighted by Gasteiger charge is 2.16. The second kappa shape index (κ2) is 8.56. The van der Waals surface area contributed by atoms with Gasteiger partial charge in [-0.15, -0.1) is 0 Å². The van der Waals surface area contributed by atoms with Crippen molar-refractivity contribution >= 4 is 11.4 Å². The van der Waals surface area contributed by atoms with Gasteiger partial charge in [-0.1, -0.05) is 49.6 Å². The smallest absolute Gasteiger partial charge is 0.132 e. The fourth-order valence-electron chi connectivity index (χ4n) is 3.84. The average molecular weight is 364 g/mol. The number of phenols is 1. The molecule has 2 nitrogen and oxygen atoms in total. The largest absolute Gasteiger partial charge is 0.508 e. The van der Waals surface area contributed by atoms with Crippen molar-refractivity contribution in [1.82, 2.24) is 0 Å². The van der Waals surface area contributed by atoms with Crippen LogP contribution in [0, 0.1) is 26.2 Å². The second-order valence-corrected chi connectivity index (χ2v) is 7.76. The topological polar surface area (TPSA) is 37.3 Å². The number of phenolic OH excluding ortho intramolecular Hbond substituents is 1. The molecule has 0 heterocycles. The summed E-state index contributed by atoms with van der Waals surface area (Å²) in [4.78, 5) is 10.8. The first kappa shape index (κ1) is 19.4. The molecule has 0 amide bonds. The molecule has 2 aromatic rings. The van der Waals surface area contributed by atoms with Gasteiger partial charge in [-0.2, -0.15) is 0 Å². The third-order valence-electron chi connectivity index (χ3n) is 5.57. The van der Waals surface area contributed by atoms with E-state index < -0.39 is 0 Å². The zero-order valence-electron chi connectivity index (χ0n) is 16.6. The standard InChI is InChI=1S/C17H15O.C8H14O.H2/c1-11-9-14(13-3-4-13)5-7-16(11)17-8-6-15(18)10-12(17)2;1-7(9)8-5-3-2-4-6-8;/h3-10,18H,1-2H3;8H,2-6H2,1H3;1H. The summed E-state index contributed by atoms with van der Waals surface area (Å²) in [5, 5.41) is 9.47. The summed E-state index contributed by atoms with van der Waals surface area (Å²) in [6.07, 6.45) is 10.4. The van der Waals surface area contributed by atoms with E-state index in [0.29, 0.717) is 17.5 Å². The number of carbonyl (C=O) groups excluding carboxylic acids is 1. The van der Waals surface area contributed by atoms with E-state index in [-0.39, 0.29) is 1.43 Å². The van der Waals surface area contributed by atoms with Crippen molar-refractivity contribution in [2.45, 2.75) is 52.9 Å². The van der Waals surface area contributed by atoms with Crippen LogP contribution in [0.5, 0.6) is 5.75 Å². The van der Waals surface area contributed by atoms with E-state index in [1.807, 2.05) is 13.0 Å². The Hall–Kier alpha value is -2.35. The predicted octanol–water partition coefficient (Wildman–Crippen LogP) is 6.68. The normalized spacial score (nSPS) is 16.2. The summed E-state index contributed by atoms with van der Waals surface area (Å²) < 4.78 is 0. The number of Topliss-reactive ketones (excluding diaryl/α,β-unsaturated/α-hetero) is 1. The van der Waals surface area contributed by atoms with Crippen molar-refractivity contribution in [3.8, 4) is 16.9 Å². The maximum Gasteiger partial charge on any atom is 0.132 e. The summed E-state index contributed by atoms with van der Waals surface area (Å²) >= 11 is 0. The fraction of sp³-hybridized carbons (Fsp3) is 0.360. The van der Waals surface area contributed by atoms with Gasteiger partial charge in [0.1, 0.15) is 11.5 Å². The molecule has 1 radical (unpaired) electrons. The molecular formula is C25H31O2. The summed E-state index contributed by atoms with van der Waals surface area (Å²) in [6.45, 7) is 5.88. The van der Waals surface area contributed by atoms with Crippen LogP contribution in [0.4, 0.5) is 0 Å². The van der Waals surface area contributed by atoms with Crippen LogP contribution in [0.15, 0.2) is 42.5 Å². The lowest BCUT2D eigenvalue weighted by molar-refractivity contribution is -0.121. The van der Waals surface area contributed by atoms with Crippen LogP contribution < -0.4 is 0 Å². The van der Waals surface area contributed by atoms with Crippen LogP contribution in [0.3, 0.4) is 0 Å². The molecular weight excluding hydrogens is 332 g/mol. The van der Waals surface area contributed by atoms with Gasteiger partial charge in [0.15, 0.2) is 0 Å². The molecule has 0 aliphatic heterocycles. The highest BCUT2D eigenvalue weighted by atomic mass is 16.3. The van der Waals surface area contributed by atoms with Crippen LogP contribution >= 0.6 is 0 Å². The van der Waals surface area contributed by atoms with Crippen molar-refractivity contribution in [3.63, 3.8) is 0 Å². The zero-order valence-corrected chi connectivity index (χ0v) is 16.6. The number of ketones is 1. The third kappa shape index (κ3) is 5.09. The number of hydrogen-bond donors (Lipinski definition) is 1. The molecule has 27 heavy (non-hydrogen) atoms. The van der Waals surface area contributed by atoms with E-state index in [9.17, 15) is 9.90 Å². The van der Waals surface area contributed by atoms with Crippen molar-refractivity contribution in [2.75, 3.05) is 0 Å². The van der Waals surface area contributed by atoms with E-state index in [0.717, 1.165) is 18.4 Å². The number of aromatic hydroxyl groups is 1. The zero-order chi connectivity index (χ0) is 19.4. The van der Waals surface area contributed by atoms with Crippen molar-refractivity contribution in [3.05, 3.63) is 65.6 Å². The fourth-order valence-corrected chi connectivity index (χ4v) is 3.84. The molecule has 0 unspecified atom stereocenters. The van der Waals surface area contributed by atoms with E-state index in [2.05, 4.69) is 37.6 Å². The van der Waals surface area contributed by atoms with Crippen LogP contribution in [-0.2, 0) is 4.79 Å². The van der Waals surface area contributed by atoms with Crippen LogP contribution in [0.1, 0.15) is 57.1 Å². The Labute approximate surface area is 164 Å². The Bertz CT molecular complexity index is 861. The average Bonchev–Trinajstić information content (AvgIpc) is 3.49. The Kier molecular flexibility index (Phi) is 6.15. The molecule has 0 aromatic heterocycles. The molecule has 2 heteroatoms. The molecule has 2 aliphatic carbocycles. The number of hydrogen-bond acceptors (Lipinski definition) is 2. The van der Waals surface area contributed by atoms with Crippen molar-refractivity contribution in [2.24, 2.45) is 5.92 Å². The molecule has 1 saturated carbocycles. The van der Waals surface area contributed by atoms with E-state index >= 15 is 0 Å². The minimum absolute atomic E-state index is 0. The first-order chi connectivity index (χ1) is 13.0. The predicted molar refractivity (Wildman–Crippen MR) is 115 cm³/mol. The molecule has 2 aliphatic rings. The summed E-state index contributed by atoms with van der Waals surface area (Å²) in [6, 6.07) is 12.1. The SMILES string of the molecule is CC(=O)C1CCCCC1.Cc1cc(O)ccc1-c1ccc(C2=C[CH]2)cc1C.[HH]. The van der Waals surface area contributed by atoms with E-state index in [4.69, 9.17) is 0 Å². The van der Waals surface area contributed by atoms with Gasteiger partial charge >= 0.3 is 0 Å². The lowest BCUT2D eigenvalue weighted by Gasteiger charge is -2.17. The van der Waals surface area contributed by atoms with Gasteiger partial charge < -0.3 is 5.11 Å². The van der Waals surface area contributed by atoms with E-state index in [1.165, 1.54) is 47.1 Å². The van der Waals surface area contributed by atoms with Gasteiger partial charge in [0, 0.05) is 13.8 Å². The molecule has 1 fully saturated rings. The number of rotatable bonds is 3. The van der Waals surface area contributed by atoms with Gasteiger partial charge in [-0.25, -0.2) is 0 Å². The van der Waals surface area contributed by atoms with Crippen LogP contribution in [0.2, 0.25) is 0 Å². The Morgan fingerprint density at radius 2 is 1.56 bits per heavy atom. The van der Waals surface area contributed by atoms with Gasteiger partial charge in [-0.3, -0.25) is 4.79 Å². The number of allylic oxidation sites excluding steroid dienone is 2. The van der Waals surface area contributed by atoms with Crippen LogP contribution in [-0.4, -0.2) is 10.9 Å². The van der Waals surface area contributed by atoms with Gasteiger partial charge in [-0.05, 0) is 79.1 Å². The minimum atomic E-state index is 0. The summed E-state index contributed by atoms with van der Waals surface area (Å²) in [7, 11) is 0. The van der Waals surface area contributed by atoms with Crippen molar-refractivity contribution < 1.29 is 11.3 Å². The highest BCUT2D eigenvalue weighted by molar-refractivity contribution is 5.88. The van der Waals surface area contributed by atoms with Gasteiger partial charge in [0.2, 0.25) is 0 Å². The maximum absolute atomic E-state index is 10.8. The molecule has 143 valence electrons. The van der Waals surface area contributed by atoms with Crippen LogP contribution in [0.25, 0.3) is 16.7 Å². The lowest BCUT2D eigenvalue weighted by Crippen LogP contribution is -2.13. The van der Waals surface area contributed by atoms with Crippen molar-refractivity contribution in [1.29, 1.82) is 0 Å². The molecule has 0 saturated heterocycles. The first-order valence-electron chi connectivity index (χ1n) is 9.92. The molecule has 2 aromatic carbocycles. The van der Waals surface area contributed by atoms with Gasteiger partial charge in [0.25, 0.3) is 0 Å². The lowest BCUT2D eigenvalue weighted by atomic mass is 9.87. The quantitative estimate of drug-likeness (QED) is 0.660. The maximum atomic E-state index is 10.8. The Balaban J connectivity index is 0.000000239. The summed E-state index contributed by atoms with van der Waals surface area (Å²) in [5.41, 5.74) is 7.40. The summed E-state index contributed by atoms with van der Waals surface area (Å²) in [5.74, 6) is 1.14. The number of aryl methyl sites for hydroxylation is 2. The monoisotopic (exact) mass is 363 g/mol. The highest BCUT2D eigenvalue weighted by Crippen LogP contribution is 2.34. The minimum Gasteiger partial charge on any atom is -0.508 e. The second-order valence-electron chi connectivity index (χ2n) is 7.76. The molecule has 4 rings (SSSR count). The third-order valence-corrected chi connectivity index (χ3v) is 5.57. The van der Waals surface area contributed by atoms with E-state index in [1.54, 1.807) is 19.1 Å². The Morgan fingerprint density at radius 1 is 0.963 bits per heavy atom. The first-order valence-corrected chi connectivity index (χ1v) is 9.92. The van der Waals surface area contributed by atoms with Gasteiger partial charge in [0.05, 0.1) is 0 Å². The number of carbonyl (C=O) groups is 1. The molecule has 1 N–H and O–H groups in total. The molecule has 0 spiro atoms. The molecule has 0 bridgehead atoms.